The number of aromatic amines is 1. The molecule has 0 bridgehead atoms. The Morgan fingerprint density at radius 1 is 1.50 bits per heavy atom. The molecule has 0 aliphatic carbocycles. The van der Waals surface area contributed by atoms with Gasteiger partial charge in [-0.3, -0.25) is 9.89 Å². The van der Waals surface area contributed by atoms with Crippen LogP contribution in [0.4, 0.5) is 0 Å². The topological polar surface area (TPSA) is 81.0 Å². The van der Waals surface area contributed by atoms with Crippen LogP contribution in [0.15, 0.2) is 6.20 Å². The number of rotatable bonds is 5. The molecular formula is C12H23N3O2Si. The third kappa shape index (κ3) is 3.43. The minimum atomic E-state index is -1.73. The van der Waals surface area contributed by atoms with E-state index in [4.69, 9.17) is 10.2 Å². The first-order valence-electron chi connectivity index (χ1n) is 6.11. The molecule has 1 aromatic heterocycles. The molecule has 102 valence electrons. The van der Waals surface area contributed by atoms with Gasteiger partial charge in [0.1, 0.15) is 5.69 Å². The predicted octanol–water partition coefficient (Wildman–Crippen LogP) is 2.07. The fraction of sp³-hybridized carbons (Fsp3) is 0.667. The molecule has 1 heterocycles. The number of hydrogen-bond donors (Lipinski definition) is 2. The van der Waals surface area contributed by atoms with Crippen molar-refractivity contribution in [3.05, 3.63) is 17.5 Å². The van der Waals surface area contributed by atoms with Gasteiger partial charge in [-0.2, -0.15) is 5.10 Å². The first-order valence-corrected chi connectivity index (χ1v) is 9.02. The summed E-state index contributed by atoms with van der Waals surface area (Å²) in [7, 11) is -1.73. The maximum Gasteiger partial charge on any atom is 0.266 e. The van der Waals surface area contributed by atoms with Gasteiger partial charge in [0.2, 0.25) is 0 Å². The summed E-state index contributed by atoms with van der Waals surface area (Å²) in [6.45, 7) is 11.6. The molecule has 0 aliphatic heterocycles. The lowest BCUT2D eigenvalue weighted by Gasteiger charge is -2.36. The molecule has 0 fully saturated rings. The molecule has 0 unspecified atom stereocenters. The van der Waals surface area contributed by atoms with Crippen LogP contribution in [0.3, 0.4) is 0 Å². The Balaban J connectivity index is 2.57. The van der Waals surface area contributed by atoms with Gasteiger partial charge in [0.15, 0.2) is 8.32 Å². The Morgan fingerprint density at radius 3 is 2.61 bits per heavy atom. The number of aromatic nitrogens is 2. The monoisotopic (exact) mass is 269 g/mol. The number of amides is 1. The molecule has 0 aliphatic rings. The van der Waals surface area contributed by atoms with E-state index in [1.807, 2.05) is 0 Å². The van der Waals surface area contributed by atoms with Gasteiger partial charge in [0, 0.05) is 12.2 Å². The van der Waals surface area contributed by atoms with Gasteiger partial charge in [-0.1, -0.05) is 20.8 Å². The smallest absolute Gasteiger partial charge is 0.266 e. The zero-order chi connectivity index (χ0) is 14.0. The van der Waals surface area contributed by atoms with Crippen LogP contribution in [0.1, 0.15) is 36.8 Å². The third-order valence-corrected chi connectivity index (χ3v) is 8.14. The quantitative estimate of drug-likeness (QED) is 0.803. The highest BCUT2D eigenvalue weighted by Gasteiger charge is 2.36. The SMILES string of the molecule is CC(C)(C)[Si](C)(C)OCCc1cn[nH]c1C(N)=O. The maximum atomic E-state index is 11.1. The fourth-order valence-corrected chi connectivity index (χ4v) is 2.39. The summed E-state index contributed by atoms with van der Waals surface area (Å²) in [4.78, 5) is 11.1. The first-order chi connectivity index (χ1) is 8.15. The number of carbonyl (C=O) groups is 1. The summed E-state index contributed by atoms with van der Waals surface area (Å²) in [6, 6.07) is 0. The molecule has 1 amide bonds. The molecule has 0 radical (unpaired) electrons. The highest BCUT2D eigenvalue weighted by molar-refractivity contribution is 6.74. The number of nitrogens with zero attached hydrogens (tertiary/aromatic N) is 1. The summed E-state index contributed by atoms with van der Waals surface area (Å²) in [5, 5.41) is 6.64. The van der Waals surface area contributed by atoms with Crippen molar-refractivity contribution in [2.75, 3.05) is 6.61 Å². The zero-order valence-corrected chi connectivity index (χ0v) is 12.8. The van der Waals surface area contributed by atoms with Crippen molar-refractivity contribution in [3.63, 3.8) is 0 Å². The van der Waals surface area contributed by atoms with Crippen LogP contribution in [-0.2, 0) is 10.8 Å². The van der Waals surface area contributed by atoms with Crippen LogP contribution in [0.2, 0.25) is 18.1 Å². The fourth-order valence-electron chi connectivity index (χ4n) is 1.35. The second-order valence-electron chi connectivity index (χ2n) is 5.99. The van der Waals surface area contributed by atoms with E-state index >= 15 is 0 Å². The second-order valence-corrected chi connectivity index (χ2v) is 10.8. The Kier molecular flexibility index (Phi) is 4.34. The molecule has 0 saturated heterocycles. The molecule has 0 saturated carbocycles. The van der Waals surface area contributed by atoms with Crippen LogP contribution in [0, 0.1) is 0 Å². The molecule has 3 N–H and O–H groups in total. The summed E-state index contributed by atoms with van der Waals surface area (Å²) < 4.78 is 6.05. The van der Waals surface area contributed by atoms with Crippen LogP contribution in [-0.4, -0.2) is 31.0 Å². The Labute approximate surface area is 109 Å². The maximum absolute atomic E-state index is 11.1. The predicted molar refractivity (Wildman–Crippen MR) is 74.0 cm³/mol. The highest BCUT2D eigenvalue weighted by Crippen LogP contribution is 2.36. The molecular weight excluding hydrogens is 246 g/mol. The lowest BCUT2D eigenvalue weighted by atomic mass is 10.2. The molecule has 5 nitrogen and oxygen atoms in total. The van der Waals surface area contributed by atoms with Crippen molar-refractivity contribution in [1.29, 1.82) is 0 Å². The standard InChI is InChI=1S/C12H23N3O2Si/c1-12(2,3)18(4,5)17-7-6-9-8-14-15-10(9)11(13)16/h8H,6-7H2,1-5H3,(H2,13,16)(H,14,15). The van der Waals surface area contributed by atoms with E-state index in [-0.39, 0.29) is 5.04 Å². The van der Waals surface area contributed by atoms with Crippen LogP contribution < -0.4 is 5.73 Å². The first kappa shape index (κ1) is 14.9. The molecule has 18 heavy (non-hydrogen) atoms. The number of carbonyl (C=O) groups excluding carboxylic acids is 1. The van der Waals surface area contributed by atoms with Gasteiger partial charge in [-0.05, 0) is 24.6 Å². The Morgan fingerprint density at radius 2 is 2.11 bits per heavy atom. The summed E-state index contributed by atoms with van der Waals surface area (Å²) in [5.41, 5.74) is 6.45. The third-order valence-electron chi connectivity index (χ3n) is 3.60. The van der Waals surface area contributed by atoms with Crippen LogP contribution >= 0.6 is 0 Å². The van der Waals surface area contributed by atoms with E-state index in [9.17, 15) is 4.79 Å². The van der Waals surface area contributed by atoms with Gasteiger partial charge in [-0.25, -0.2) is 0 Å². The lowest BCUT2D eigenvalue weighted by molar-refractivity contribution is 0.0994. The van der Waals surface area contributed by atoms with Crippen molar-refractivity contribution < 1.29 is 9.22 Å². The number of H-pyrrole nitrogens is 1. The van der Waals surface area contributed by atoms with E-state index in [2.05, 4.69) is 44.1 Å². The molecule has 6 heteroatoms. The minimum absolute atomic E-state index is 0.190. The van der Waals surface area contributed by atoms with Gasteiger partial charge < -0.3 is 10.2 Å². The summed E-state index contributed by atoms with van der Waals surface area (Å²) in [5.74, 6) is -0.477. The van der Waals surface area contributed by atoms with Crippen LogP contribution in [0.25, 0.3) is 0 Å². The Hall–Kier alpha value is -1.14. The lowest BCUT2D eigenvalue weighted by Crippen LogP contribution is -2.41. The average Bonchev–Trinajstić information content (AvgIpc) is 2.63. The van der Waals surface area contributed by atoms with Gasteiger partial charge >= 0.3 is 0 Å². The number of primary amides is 1. The minimum Gasteiger partial charge on any atom is -0.416 e. The van der Waals surface area contributed by atoms with Crippen molar-refractivity contribution in [2.24, 2.45) is 5.73 Å². The van der Waals surface area contributed by atoms with Gasteiger partial charge in [-0.15, -0.1) is 0 Å². The molecule has 0 aromatic carbocycles. The van der Waals surface area contributed by atoms with E-state index in [1.165, 1.54) is 0 Å². The van der Waals surface area contributed by atoms with E-state index in [0.29, 0.717) is 18.7 Å². The van der Waals surface area contributed by atoms with E-state index in [1.54, 1.807) is 6.20 Å². The largest absolute Gasteiger partial charge is 0.416 e. The number of hydrogen-bond acceptors (Lipinski definition) is 3. The zero-order valence-electron chi connectivity index (χ0n) is 11.8. The van der Waals surface area contributed by atoms with Crippen molar-refractivity contribution in [2.45, 2.75) is 45.3 Å². The number of nitrogens with two attached hydrogens (primary N) is 1. The average molecular weight is 269 g/mol. The van der Waals surface area contributed by atoms with E-state index in [0.717, 1.165) is 5.56 Å². The van der Waals surface area contributed by atoms with Gasteiger partial charge in [0.25, 0.3) is 5.91 Å². The second kappa shape index (κ2) is 5.24. The van der Waals surface area contributed by atoms with Crippen molar-refractivity contribution in [1.82, 2.24) is 10.2 Å². The molecule has 0 atom stereocenters. The summed E-state index contributed by atoms with van der Waals surface area (Å²) in [6.07, 6.45) is 2.29. The molecule has 0 spiro atoms. The normalized spacial score (nSPS) is 12.7. The Bertz CT molecular complexity index is 421. The number of nitrogens with one attached hydrogen (secondary N) is 1. The molecule has 1 rings (SSSR count). The van der Waals surface area contributed by atoms with Crippen molar-refractivity contribution in [3.8, 4) is 0 Å². The molecule has 1 aromatic rings. The van der Waals surface area contributed by atoms with Crippen molar-refractivity contribution >= 4 is 14.2 Å². The van der Waals surface area contributed by atoms with E-state index < -0.39 is 14.2 Å². The van der Waals surface area contributed by atoms with Crippen LogP contribution in [0.5, 0.6) is 0 Å². The highest BCUT2D eigenvalue weighted by atomic mass is 28.4. The summed E-state index contributed by atoms with van der Waals surface area (Å²) >= 11 is 0. The van der Waals surface area contributed by atoms with Gasteiger partial charge in [0.05, 0.1) is 6.20 Å².